The van der Waals surface area contributed by atoms with E-state index in [1.165, 1.54) is 29.3 Å². The van der Waals surface area contributed by atoms with Gasteiger partial charge in [0, 0.05) is 56.3 Å². The van der Waals surface area contributed by atoms with E-state index in [0.717, 1.165) is 74.4 Å². The number of fused-ring (bicyclic) bond motifs is 4. The lowest BCUT2D eigenvalue weighted by atomic mass is 9.88. The zero-order chi connectivity index (χ0) is 33.3. The summed E-state index contributed by atoms with van der Waals surface area (Å²) in [6.07, 6.45) is 6.46. The number of carbonyl (C=O) groups is 2. The van der Waals surface area contributed by atoms with Crippen LogP contribution in [0, 0.1) is 11.8 Å². The Balaban J connectivity index is 1.15. The zero-order valence-corrected chi connectivity index (χ0v) is 28.7. The fourth-order valence-electron chi connectivity index (χ4n) is 8.65. The maximum atomic E-state index is 13.8. The van der Waals surface area contributed by atoms with Crippen molar-refractivity contribution in [1.29, 1.82) is 0 Å². The van der Waals surface area contributed by atoms with E-state index in [1.807, 2.05) is 42.8 Å². The lowest BCUT2D eigenvalue weighted by Gasteiger charge is -2.33. The summed E-state index contributed by atoms with van der Waals surface area (Å²) in [5.74, 6) is 3.02. The minimum Gasteiger partial charge on any atom is -0.494 e. The van der Waals surface area contributed by atoms with Crippen LogP contribution in [0.25, 0.3) is 33.5 Å². The van der Waals surface area contributed by atoms with Gasteiger partial charge in [0.25, 0.3) is 5.91 Å². The largest absolute Gasteiger partial charge is 0.494 e. The Morgan fingerprint density at radius 2 is 1.81 bits per heavy atom. The van der Waals surface area contributed by atoms with Gasteiger partial charge in [0.1, 0.15) is 17.9 Å². The number of likely N-dealkylation sites (tertiary alicyclic amines) is 2. The SMILES string of the molecule is COc1cc(C(=O)N2C[C@H]3CC[C@@H]2[C@@H]3N)cc2nc(-c3cc4cccc(C5CCN(C(=O)COC(C)C)CC5)c4n3CC3CC3)n(C)c12. The number of nitrogens with two attached hydrogens (primary N) is 1. The average Bonchev–Trinajstić information content (AvgIpc) is 3.48. The molecule has 2 aliphatic carbocycles. The predicted octanol–water partition coefficient (Wildman–Crippen LogP) is 5.31. The van der Waals surface area contributed by atoms with Crippen molar-refractivity contribution in [3.05, 3.63) is 47.5 Å². The van der Waals surface area contributed by atoms with Crippen LogP contribution in [0.4, 0.5) is 0 Å². The second kappa shape index (κ2) is 12.2. The van der Waals surface area contributed by atoms with Gasteiger partial charge in [-0.25, -0.2) is 4.98 Å². The highest BCUT2D eigenvalue weighted by Gasteiger charge is 2.47. The van der Waals surface area contributed by atoms with E-state index in [-0.39, 0.29) is 36.6 Å². The highest BCUT2D eigenvalue weighted by molar-refractivity contribution is 6.00. The summed E-state index contributed by atoms with van der Waals surface area (Å²) in [5, 5.41) is 1.21. The second-order valence-electron chi connectivity index (χ2n) is 14.9. The molecule has 10 heteroatoms. The molecule has 0 radical (unpaired) electrons. The summed E-state index contributed by atoms with van der Waals surface area (Å²) in [5.41, 5.74) is 12.4. The smallest absolute Gasteiger partial charge is 0.254 e. The number of benzene rings is 2. The van der Waals surface area contributed by atoms with Crippen molar-refractivity contribution in [2.45, 2.75) is 83.0 Å². The molecule has 2 aromatic carbocycles. The quantitative estimate of drug-likeness (QED) is 0.263. The number of carbonyl (C=O) groups excluding carboxylic acids is 2. The van der Waals surface area contributed by atoms with Gasteiger partial charge in [0.2, 0.25) is 5.91 Å². The van der Waals surface area contributed by atoms with Gasteiger partial charge < -0.3 is 34.1 Å². The number of aromatic nitrogens is 3. The number of nitrogens with zero attached hydrogens (tertiary/aromatic N) is 5. The number of imidazole rings is 1. The zero-order valence-electron chi connectivity index (χ0n) is 28.7. The monoisotopic (exact) mass is 652 g/mol. The van der Waals surface area contributed by atoms with E-state index >= 15 is 0 Å². The average molecular weight is 653 g/mol. The highest BCUT2D eigenvalue weighted by atomic mass is 16.5. The number of ether oxygens (including phenoxy) is 2. The normalized spacial score (nSPS) is 22.9. The molecule has 48 heavy (non-hydrogen) atoms. The number of rotatable bonds is 9. The van der Waals surface area contributed by atoms with Crippen molar-refractivity contribution in [3.63, 3.8) is 0 Å². The van der Waals surface area contributed by atoms with Crippen LogP contribution >= 0.6 is 0 Å². The molecule has 0 unspecified atom stereocenters. The standard InChI is InChI=1S/C38H48N6O4/c1-22(2)48-21-33(45)42-14-12-24(13-15-42)28-7-5-6-25-17-31(43(35(25)28)19-23-8-9-23)37-40-29-16-27(18-32(47-4)36(29)41(37)3)38(46)44-20-26-10-11-30(44)34(26)39/h5-7,16-18,22-24,26,30,34H,8-15,19-21,39H2,1-4H3/t26-,30-,34-/m1/s1. The van der Waals surface area contributed by atoms with E-state index in [1.54, 1.807) is 7.11 Å². The number of hydrogen-bond acceptors (Lipinski definition) is 6. The summed E-state index contributed by atoms with van der Waals surface area (Å²) < 4.78 is 16.1. The van der Waals surface area contributed by atoms with Gasteiger partial charge in [-0.15, -0.1) is 0 Å². The third-order valence-corrected chi connectivity index (χ3v) is 11.5. The molecule has 4 heterocycles. The molecule has 2 bridgehead atoms. The van der Waals surface area contributed by atoms with Crippen molar-refractivity contribution >= 4 is 33.8 Å². The molecule has 4 aromatic rings. The fourth-order valence-corrected chi connectivity index (χ4v) is 8.65. The molecule has 2 amide bonds. The van der Waals surface area contributed by atoms with Crippen molar-refractivity contribution in [1.82, 2.24) is 23.9 Å². The summed E-state index contributed by atoms with van der Waals surface area (Å²) in [6, 6.07) is 12.9. The van der Waals surface area contributed by atoms with Crippen LogP contribution in [-0.4, -0.2) is 87.3 Å². The molecule has 4 aliphatic rings. The van der Waals surface area contributed by atoms with Crippen molar-refractivity contribution in [2.75, 3.05) is 33.4 Å². The summed E-state index contributed by atoms with van der Waals surface area (Å²) in [6.45, 7) is 7.23. The van der Waals surface area contributed by atoms with E-state index in [0.29, 0.717) is 29.1 Å². The summed E-state index contributed by atoms with van der Waals surface area (Å²) in [4.78, 5) is 35.7. The summed E-state index contributed by atoms with van der Waals surface area (Å²) in [7, 11) is 3.71. The molecule has 254 valence electrons. The van der Waals surface area contributed by atoms with Gasteiger partial charge in [-0.3, -0.25) is 9.59 Å². The van der Waals surface area contributed by atoms with Crippen LogP contribution in [0.3, 0.4) is 0 Å². The van der Waals surface area contributed by atoms with E-state index in [4.69, 9.17) is 20.2 Å². The maximum absolute atomic E-state index is 13.8. The van der Waals surface area contributed by atoms with Crippen LogP contribution in [0.15, 0.2) is 36.4 Å². The van der Waals surface area contributed by atoms with Gasteiger partial charge >= 0.3 is 0 Å². The molecule has 10 nitrogen and oxygen atoms in total. The first-order valence-corrected chi connectivity index (χ1v) is 17.8. The molecule has 2 saturated heterocycles. The molecular formula is C38H48N6O4. The van der Waals surface area contributed by atoms with Gasteiger partial charge in [-0.2, -0.15) is 0 Å². The first kappa shape index (κ1) is 31.4. The summed E-state index contributed by atoms with van der Waals surface area (Å²) >= 11 is 0. The number of amides is 2. The third kappa shape index (κ3) is 5.37. The minimum absolute atomic E-state index is 0.0118. The van der Waals surface area contributed by atoms with Gasteiger partial charge in [-0.05, 0) is 93.9 Å². The Labute approximate surface area is 282 Å². The molecule has 2 aromatic heterocycles. The molecular weight excluding hydrogens is 604 g/mol. The van der Waals surface area contributed by atoms with Crippen LogP contribution in [-0.2, 0) is 23.1 Å². The first-order valence-electron chi connectivity index (χ1n) is 17.8. The Kier molecular flexibility index (Phi) is 7.99. The topological polar surface area (TPSA) is 108 Å². The molecule has 2 aliphatic heterocycles. The Morgan fingerprint density at radius 3 is 2.48 bits per heavy atom. The van der Waals surface area contributed by atoms with E-state index < -0.39 is 0 Å². The van der Waals surface area contributed by atoms with Gasteiger partial charge in [0.05, 0.1) is 29.9 Å². The maximum Gasteiger partial charge on any atom is 0.254 e. The van der Waals surface area contributed by atoms with Crippen molar-refractivity contribution < 1.29 is 19.1 Å². The van der Waals surface area contributed by atoms with Crippen molar-refractivity contribution in [2.24, 2.45) is 24.6 Å². The lowest BCUT2D eigenvalue weighted by Crippen LogP contribution is -2.41. The van der Waals surface area contributed by atoms with Gasteiger partial charge in [0.15, 0.2) is 5.82 Å². The third-order valence-electron chi connectivity index (χ3n) is 11.5. The van der Waals surface area contributed by atoms with Crippen LogP contribution in [0.2, 0.25) is 0 Å². The number of aryl methyl sites for hydroxylation is 1. The van der Waals surface area contributed by atoms with Crippen LogP contribution in [0.1, 0.15) is 74.2 Å². The minimum atomic E-state index is 0.0118. The van der Waals surface area contributed by atoms with Gasteiger partial charge in [-0.1, -0.05) is 18.2 Å². The Morgan fingerprint density at radius 1 is 1.02 bits per heavy atom. The van der Waals surface area contributed by atoms with E-state index in [2.05, 4.69) is 33.4 Å². The molecule has 3 atom stereocenters. The first-order chi connectivity index (χ1) is 23.2. The molecule has 8 rings (SSSR count). The molecule has 0 spiro atoms. The predicted molar refractivity (Wildman–Crippen MR) is 186 cm³/mol. The van der Waals surface area contributed by atoms with Crippen LogP contribution < -0.4 is 10.5 Å². The molecule has 2 N–H and O–H groups in total. The number of methoxy groups -OCH3 is 1. The molecule has 4 fully saturated rings. The highest BCUT2D eigenvalue weighted by Crippen LogP contribution is 2.42. The van der Waals surface area contributed by atoms with E-state index in [9.17, 15) is 9.59 Å². The fraction of sp³-hybridized carbons (Fsp3) is 0.553. The Hall–Kier alpha value is -3.89. The Bertz CT molecular complexity index is 1880. The van der Waals surface area contributed by atoms with Crippen molar-refractivity contribution in [3.8, 4) is 17.3 Å². The number of piperidine rings is 2. The lowest BCUT2D eigenvalue weighted by molar-refractivity contribution is -0.138. The number of para-hydroxylation sites is 1. The second-order valence-corrected chi connectivity index (χ2v) is 14.9. The molecule has 2 saturated carbocycles. The number of hydrogen-bond donors (Lipinski definition) is 1. The van der Waals surface area contributed by atoms with Crippen LogP contribution in [0.5, 0.6) is 5.75 Å².